The topological polar surface area (TPSA) is 241 Å². The number of carbonyl (C=O) groups is 5. The number of hydrogen-bond acceptors (Lipinski definition) is 15. The van der Waals surface area contributed by atoms with Gasteiger partial charge in [0.2, 0.25) is 5.79 Å². The molecule has 1 unspecified atom stereocenters. The number of esters is 1. The van der Waals surface area contributed by atoms with E-state index < -0.39 is 84.2 Å². The number of hydrogen-bond donors (Lipinski definition) is 4. The van der Waals surface area contributed by atoms with Gasteiger partial charge in [0.1, 0.15) is 30.0 Å². The molecule has 4 aliphatic rings. The van der Waals surface area contributed by atoms with E-state index in [0.717, 1.165) is 12.0 Å². The number of methoxy groups -OCH3 is 1. The molecule has 4 N–H and O–H groups in total. The van der Waals surface area contributed by atoms with Crippen molar-refractivity contribution in [1.29, 1.82) is 0 Å². The van der Waals surface area contributed by atoms with Crippen LogP contribution in [0.25, 0.3) is 0 Å². The van der Waals surface area contributed by atoms with Crippen molar-refractivity contribution in [1.82, 2.24) is 25.1 Å². The molecule has 1 aromatic heterocycles. The molecule has 4 heterocycles. The molecule has 15 atom stereocenters. The third kappa shape index (κ3) is 14.2. The molecular formula is C52H79N5O12. The van der Waals surface area contributed by atoms with Gasteiger partial charge in [-0.25, -0.2) is 9.48 Å². The molecular weight excluding hydrogens is 887 g/mol. The number of piperidine rings is 1. The van der Waals surface area contributed by atoms with Crippen molar-refractivity contribution in [3.8, 4) is 0 Å². The molecule has 1 aromatic rings. The second-order valence-corrected chi connectivity index (χ2v) is 20.7. The van der Waals surface area contributed by atoms with E-state index in [4.69, 9.17) is 14.2 Å². The minimum atomic E-state index is -2.45. The zero-order chi connectivity index (χ0) is 50.6. The average Bonchev–Trinajstić information content (AvgIpc) is 3.88. The van der Waals surface area contributed by atoms with Gasteiger partial charge >= 0.3 is 5.97 Å². The first-order chi connectivity index (χ1) is 32.8. The Hall–Kier alpha value is -4.26. The van der Waals surface area contributed by atoms with Crippen LogP contribution in [0.15, 0.2) is 53.9 Å². The van der Waals surface area contributed by atoms with E-state index in [1.807, 2.05) is 51.2 Å². The van der Waals surface area contributed by atoms with Gasteiger partial charge in [-0.2, -0.15) is 0 Å². The normalized spacial score (nSPS) is 37.5. The van der Waals surface area contributed by atoms with Crippen molar-refractivity contribution < 1.29 is 58.6 Å². The van der Waals surface area contributed by atoms with E-state index in [1.54, 1.807) is 51.9 Å². The number of aromatic nitrogens is 4. The quantitative estimate of drug-likeness (QED) is 0.155. The van der Waals surface area contributed by atoms with Crippen molar-refractivity contribution in [2.24, 2.45) is 47.3 Å². The Kier molecular flexibility index (Phi) is 20.8. The second-order valence-electron chi connectivity index (χ2n) is 20.7. The number of aliphatic hydroxyl groups excluding tert-OH is 3. The van der Waals surface area contributed by atoms with Crippen LogP contribution in [0.5, 0.6) is 0 Å². The van der Waals surface area contributed by atoms with Crippen molar-refractivity contribution >= 4 is 29.2 Å². The summed E-state index contributed by atoms with van der Waals surface area (Å²) in [5.74, 6) is -9.51. The van der Waals surface area contributed by atoms with Gasteiger partial charge in [-0.15, -0.1) is 5.10 Å². The van der Waals surface area contributed by atoms with Crippen molar-refractivity contribution in [2.75, 3.05) is 26.9 Å². The molecule has 2 bridgehead atoms. The van der Waals surface area contributed by atoms with Crippen molar-refractivity contribution in [3.63, 3.8) is 0 Å². The summed E-state index contributed by atoms with van der Waals surface area (Å²) in [6.07, 6.45) is 14.7. The molecule has 69 heavy (non-hydrogen) atoms. The summed E-state index contributed by atoms with van der Waals surface area (Å²) in [6.45, 7) is 11.9. The number of cyclic esters (lactones) is 1. The Morgan fingerprint density at radius 2 is 1.67 bits per heavy atom. The lowest BCUT2D eigenvalue weighted by Crippen LogP contribution is -2.61. The number of fused-ring (bicyclic) bond motifs is 3. The Bertz CT molecular complexity index is 2020. The van der Waals surface area contributed by atoms with Crippen LogP contribution in [0.3, 0.4) is 0 Å². The smallest absolute Gasteiger partial charge is 0.329 e. The lowest BCUT2D eigenvalue weighted by molar-refractivity contribution is -0.265. The summed E-state index contributed by atoms with van der Waals surface area (Å²) >= 11 is 0. The monoisotopic (exact) mass is 966 g/mol. The summed E-state index contributed by atoms with van der Waals surface area (Å²) in [5.41, 5.74) is 1.21. The number of carbonyl (C=O) groups excluding carboxylic acids is 5. The standard InChI is InChI=1S/C52H79N5O12/c1-31-14-10-9-11-15-32(2)45(67-8)26-40-19-17-37(7)52(66,69-40)49(63)50(64)56-21-13-12-16-43(56)51(65)68-46(34(4)24-38-18-20-42(39(25-38)28-58)57-30-53-54-55-57)27-44(60)33(3)23-36(6)48(62)41(29-59)47(61)35(5)22-31/h9-11,14-15,23,30-31,33-35,37-43,45-46,48,58-59,62,66H,12-13,16-22,24-29H2,1-8H3/b11-9?,14-10+,32-15?,36-23+/t31-,33-,34-,35-,37-,38?,39+,40+,41+,42-,43+,45+,46+,48-,52-/m1/s1. The van der Waals surface area contributed by atoms with E-state index in [9.17, 15) is 44.4 Å². The highest BCUT2D eigenvalue weighted by molar-refractivity contribution is 6.39. The van der Waals surface area contributed by atoms with Gasteiger partial charge in [-0.1, -0.05) is 71.1 Å². The van der Waals surface area contributed by atoms with E-state index in [2.05, 4.69) is 15.5 Å². The van der Waals surface area contributed by atoms with E-state index >= 15 is 0 Å². The Morgan fingerprint density at radius 1 is 0.913 bits per heavy atom. The molecule has 17 heteroatoms. The van der Waals surface area contributed by atoms with Crippen LogP contribution in [-0.2, 0) is 38.2 Å². The summed E-state index contributed by atoms with van der Waals surface area (Å²) in [4.78, 5) is 72.2. The first-order valence-electron chi connectivity index (χ1n) is 25.2. The molecule has 3 fully saturated rings. The highest BCUT2D eigenvalue weighted by atomic mass is 16.6. The van der Waals surface area contributed by atoms with Gasteiger partial charge in [-0.05, 0) is 117 Å². The van der Waals surface area contributed by atoms with Crippen LogP contribution in [0.1, 0.15) is 132 Å². The third-order valence-electron chi connectivity index (χ3n) is 15.4. The van der Waals surface area contributed by atoms with Crippen LogP contribution in [0.4, 0.5) is 0 Å². The highest BCUT2D eigenvalue weighted by Crippen LogP contribution is 2.41. The molecule has 1 aliphatic carbocycles. The summed E-state index contributed by atoms with van der Waals surface area (Å²) in [7, 11) is 1.57. The maximum absolute atomic E-state index is 14.5. The minimum Gasteiger partial charge on any atom is -0.460 e. The number of Topliss-reactive ketones (excluding diaryl/α,β-unsaturated/α-hetero) is 3. The first-order valence-corrected chi connectivity index (χ1v) is 25.2. The summed E-state index contributed by atoms with van der Waals surface area (Å²) in [6, 6.07) is -1.25. The van der Waals surface area contributed by atoms with Crippen LogP contribution in [-0.4, -0.2) is 138 Å². The van der Waals surface area contributed by atoms with Crippen LogP contribution < -0.4 is 0 Å². The number of aliphatic hydroxyl groups is 4. The molecule has 3 aliphatic heterocycles. The zero-order valence-corrected chi connectivity index (χ0v) is 42.0. The number of amides is 1. The maximum Gasteiger partial charge on any atom is 0.329 e. The predicted octanol–water partition coefficient (Wildman–Crippen LogP) is 5.23. The van der Waals surface area contributed by atoms with Gasteiger partial charge in [-0.3, -0.25) is 19.2 Å². The zero-order valence-electron chi connectivity index (χ0n) is 42.0. The number of ketones is 3. The molecule has 5 rings (SSSR count). The number of ether oxygens (including phenoxy) is 3. The van der Waals surface area contributed by atoms with Crippen LogP contribution in [0, 0.1) is 47.3 Å². The number of tetrazole rings is 1. The van der Waals surface area contributed by atoms with Gasteiger partial charge in [0.05, 0.1) is 36.9 Å². The second kappa shape index (κ2) is 25.7. The largest absolute Gasteiger partial charge is 0.460 e. The van der Waals surface area contributed by atoms with Gasteiger partial charge in [0.15, 0.2) is 0 Å². The highest BCUT2D eigenvalue weighted by Gasteiger charge is 2.53. The molecule has 1 amide bonds. The van der Waals surface area contributed by atoms with Crippen molar-refractivity contribution in [2.45, 2.75) is 168 Å². The Labute approximate surface area is 407 Å². The van der Waals surface area contributed by atoms with Crippen LogP contribution >= 0.6 is 0 Å². The number of nitrogens with zero attached hydrogens (tertiary/aromatic N) is 5. The fourth-order valence-electron chi connectivity index (χ4n) is 11.0. The maximum atomic E-state index is 14.5. The number of allylic oxidation sites excluding steroid dienone is 6. The fourth-order valence-corrected chi connectivity index (χ4v) is 11.0. The molecule has 2 saturated heterocycles. The van der Waals surface area contributed by atoms with E-state index in [0.29, 0.717) is 63.4 Å². The average molecular weight is 966 g/mol. The van der Waals surface area contributed by atoms with Crippen molar-refractivity contribution in [3.05, 3.63) is 53.9 Å². The van der Waals surface area contributed by atoms with Gasteiger partial charge in [0.25, 0.3) is 11.7 Å². The minimum absolute atomic E-state index is 0.0140. The first kappa shape index (κ1) is 55.7. The molecule has 1 saturated carbocycles. The summed E-state index contributed by atoms with van der Waals surface area (Å²) < 4.78 is 20.0. The van der Waals surface area contributed by atoms with E-state index in [1.165, 1.54) is 4.90 Å². The van der Waals surface area contributed by atoms with E-state index in [-0.39, 0.29) is 67.3 Å². The lowest BCUT2D eigenvalue weighted by atomic mass is 9.74. The Balaban J connectivity index is 1.46. The summed E-state index contributed by atoms with van der Waals surface area (Å²) in [5, 5.41) is 55.8. The van der Waals surface area contributed by atoms with Gasteiger partial charge < -0.3 is 39.5 Å². The fraction of sp³-hybridized carbons (Fsp3) is 0.731. The molecule has 0 spiro atoms. The lowest BCUT2D eigenvalue weighted by Gasteiger charge is -2.42. The molecule has 17 nitrogen and oxygen atoms in total. The molecule has 0 aromatic carbocycles. The SMILES string of the molecule is CO[C@H]1C[C@@H]2CC[C@@H](C)[C@@](O)(O2)C(=O)C(=O)N2CCCC[C@H]2C(=O)O[C@H]([C@H](C)CC2CC[C@@H](n3cnnn3)[C@H](CO)C2)CC(=O)[C@H](C)/C=C(\C)[C@@H](O)[C@@H](CO)C(=O)[C@H](C)C[C@H](C)/C=C/C=CC=C1C. The number of rotatable bonds is 7. The molecule has 384 valence electrons. The van der Waals surface area contributed by atoms with Gasteiger partial charge in [0, 0.05) is 56.8 Å². The molecule has 0 radical (unpaired) electrons. The third-order valence-corrected chi connectivity index (χ3v) is 15.4. The van der Waals surface area contributed by atoms with Crippen LogP contribution in [0.2, 0.25) is 0 Å². The predicted molar refractivity (Wildman–Crippen MR) is 256 cm³/mol. The Morgan fingerprint density at radius 3 is 2.35 bits per heavy atom.